The molecule has 0 bridgehead atoms. The predicted octanol–water partition coefficient (Wildman–Crippen LogP) is 3.10. The zero-order chi connectivity index (χ0) is 17.3. The molecule has 0 aromatic heterocycles. The largest absolute Gasteiger partial charge is 0.335 e. The van der Waals surface area contributed by atoms with Crippen LogP contribution in [0.2, 0.25) is 0 Å². The van der Waals surface area contributed by atoms with Crippen molar-refractivity contribution in [1.29, 1.82) is 0 Å². The van der Waals surface area contributed by atoms with Gasteiger partial charge >= 0.3 is 0 Å². The van der Waals surface area contributed by atoms with E-state index in [4.69, 9.17) is 5.73 Å². The monoisotopic (exact) mass is 330 g/mol. The third-order valence-electron chi connectivity index (χ3n) is 4.59. The Morgan fingerprint density at radius 1 is 1.08 bits per heavy atom. The van der Waals surface area contributed by atoms with Gasteiger partial charge in [0.15, 0.2) is 0 Å². The molecule has 2 aromatic rings. The van der Waals surface area contributed by atoms with Crippen LogP contribution in [-0.4, -0.2) is 36.1 Å². The molecule has 1 fully saturated rings. The van der Waals surface area contributed by atoms with Crippen LogP contribution < -0.4 is 5.73 Å². The zero-order valence-corrected chi connectivity index (χ0v) is 13.5. The molecule has 3 nitrogen and oxygen atoms in total. The Bertz CT molecular complexity index is 709. The van der Waals surface area contributed by atoms with E-state index in [1.807, 2.05) is 31.2 Å². The second-order valence-electron chi connectivity index (χ2n) is 6.28. The number of halogens is 2. The fourth-order valence-electron chi connectivity index (χ4n) is 2.86. The Hall–Kier alpha value is -2.27. The molecule has 1 aliphatic rings. The predicted molar refractivity (Wildman–Crippen MR) is 89.7 cm³/mol. The molecule has 3 rings (SSSR count). The Morgan fingerprint density at radius 2 is 1.58 bits per heavy atom. The van der Waals surface area contributed by atoms with Crippen LogP contribution in [0.15, 0.2) is 48.5 Å². The van der Waals surface area contributed by atoms with E-state index in [9.17, 15) is 13.6 Å². The molecule has 2 aromatic carbocycles. The van der Waals surface area contributed by atoms with Crippen molar-refractivity contribution in [3.05, 3.63) is 59.9 Å². The normalized spacial score (nSPS) is 17.2. The summed E-state index contributed by atoms with van der Waals surface area (Å²) >= 11 is 0. The van der Waals surface area contributed by atoms with Crippen LogP contribution in [0, 0.1) is 5.82 Å². The Labute approximate surface area is 140 Å². The van der Waals surface area contributed by atoms with Gasteiger partial charge in [-0.2, -0.15) is 0 Å². The van der Waals surface area contributed by atoms with Crippen LogP contribution in [0.5, 0.6) is 0 Å². The average molecular weight is 330 g/mol. The van der Waals surface area contributed by atoms with Crippen LogP contribution in [0.25, 0.3) is 11.1 Å². The van der Waals surface area contributed by atoms with E-state index in [2.05, 4.69) is 0 Å². The molecular weight excluding hydrogens is 310 g/mol. The fraction of sp³-hybridized carbons (Fsp3) is 0.316. The molecule has 0 aliphatic carbocycles. The maximum atomic E-state index is 13.0. The van der Waals surface area contributed by atoms with Crippen LogP contribution in [0.3, 0.4) is 0 Å². The summed E-state index contributed by atoms with van der Waals surface area (Å²) in [6, 6.07) is 13.3. The minimum atomic E-state index is -0.925. The molecule has 0 saturated carbocycles. The summed E-state index contributed by atoms with van der Waals surface area (Å²) in [4.78, 5) is 13.7. The maximum Gasteiger partial charge on any atom is 0.240 e. The third kappa shape index (κ3) is 3.31. The lowest BCUT2D eigenvalue weighted by Crippen LogP contribution is -2.57. The van der Waals surface area contributed by atoms with E-state index in [1.54, 1.807) is 12.1 Å². The van der Waals surface area contributed by atoms with Gasteiger partial charge in [-0.05, 0) is 28.8 Å². The zero-order valence-electron chi connectivity index (χ0n) is 13.5. The minimum absolute atomic E-state index is 0.142. The van der Waals surface area contributed by atoms with E-state index in [0.29, 0.717) is 0 Å². The van der Waals surface area contributed by atoms with Crippen molar-refractivity contribution >= 4 is 5.91 Å². The number of benzene rings is 2. The van der Waals surface area contributed by atoms with Gasteiger partial charge in [0, 0.05) is 5.92 Å². The highest BCUT2D eigenvalue weighted by molar-refractivity contribution is 5.83. The van der Waals surface area contributed by atoms with Crippen LogP contribution in [0.1, 0.15) is 18.4 Å². The van der Waals surface area contributed by atoms with Crippen LogP contribution in [0.4, 0.5) is 8.78 Å². The highest BCUT2D eigenvalue weighted by Gasteiger charge is 2.35. The number of hydrogen-bond acceptors (Lipinski definition) is 2. The molecule has 0 spiro atoms. The molecule has 1 amide bonds. The number of likely N-dealkylation sites (tertiary alicyclic amines) is 1. The molecular formula is C19H20F2N2O. The lowest BCUT2D eigenvalue weighted by molar-refractivity contribution is -0.140. The van der Waals surface area contributed by atoms with Gasteiger partial charge in [-0.15, -0.1) is 0 Å². The number of amides is 1. The SMILES string of the molecule is C[C@@H](c1ccc(-c2ccc(F)cc2)cc1)[C@H](N)C(=O)N1CC(F)C1. The Morgan fingerprint density at radius 3 is 2.08 bits per heavy atom. The van der Waals surface area contributed by atoms with E-state index in [-0.39, 0.29) is 30.7 Å². The summed E-state index contributed by atoms with van der Waals surface area (Å²) in [5.41, 5.74) is 8.89. The standard InChI is InChI=1S/C19H20F2N2O/c1-12(18(22)19(24)23-10-17(21)11-23)13-2-4-14(5-3-13)15-6-8-16(20)9-7-15/h2-9,12,17-18H,10-11,22H2,1H3/t12-,18-/m0/s1. The molecule has 126 valence electrons. The molecule has 24 heavy (non-hydrogen) atoms. The molecule has 2 N–H and O–H groups in total. The summed E-state index contributed by atoms with van der Waals surface area (Å²) in [5.74, 6) is -0.646. The first-order valence-electron chi connectivity index (χ1n) is 8.00. The van der Waals surface area contributed by atoms with Crippen LogP contribution in [-0.2, 0) is 4.79 Å². The fourth-order valence-corrected chi connectivity index (χ4v) is 2.86. The molecule has 1 heterocycles. The first-order chi connectivity index (χ1) is 11.5. The smallest absolute Gasteiger partial charge is 0.240 e. The van der Waals surface area contributed by atoms with Crippen molar-refractivity contribution in [3.8, 4) is 11.1 Å². The number of alkyl halides is 1. The summed E-state index contributed by atoms with van der Waals surface area (Å²) in [7, 11) is 0. The van der Waals surface area contributed by atoms with Gasteiger partial charge in [0.1, 0.15) is 12.0 Å². The van der Waals surface area contributed by atoms with Crippen LogP contribution >= 0.6 is 0 Å². The summed E-state index contributed by atoms with van der Waals surface area (Å²) in [6.45, 7) is 2.17. The minimum Gasteiger partial charge on any atom is -0.335 e. The summed E-state index contributed by atoms with van der Waals surface area (Å²) < 4.78 is 25.9. The van der Waals surface area contributed by atoms with Crippen molar-refractivity contribution in [1.82, 2.24) is 4.90 Å². The lowest BCUT2D eigenvalue weighted by atomic mass is 9.91. The molecule has 0 unspecified atom stereocenters. The molecule has 1 saturated heterocycles. The van der Waals surface area contributed by atoms with Gasteiger partial charge in [-0.1, -0.05) is 43.3 Å². The third-order valence-corrected chi connectivity index (χ3v) is 4.59. The number of carbonyl (C=O) groups is 1. The quantitative estimate of drug-likeness (QED) is 0.936. The van der Waals surface area contributed by atoms with Crippen molar-refractivity contribution in [2.24, 2.45) is 5.73 Å². The van der Waals surface area contributed by atoms with E-state index in [1.165, 1.54) is 17.0 Å². The highest BCUT2D eigenvalue weighted by Crippen LogP contribution is 2.25. The number of hydrogen-bond donors (Lipinski definition) is 1. The Kier molecular flexibility index (Phi) is 4.62. The van der Waals surface area contributed by atoms with Crippen molar-refractivity contribution in [2.75, 3.05) is 13.1 Å². The number of rotatable bonds is 4. The van der Waals surface area contributed by atoms with E-state index in [0.717, 1.165) is 16.7 Å². The molecule has 2 atom stereocenters. The molecule has 5 heteroatoms. The average Bonchev–Trinajstić information content (AvgIpc) is 2.58. The highest BCUT2D eigenvalue weighted by atomic mass is 19.1. The van der Waals surface area contributed by atoms with Gasteiger partial charge < -0.3 is 10.6 Å². The van der Waals surface area contributed by atoms with Crippen molar-refractivity contribution < 1.29 is 13.6 Å². The number of carbonyl (C=O) groups excluding carboxylic acids is 1. The maximum absolute atomic E-state index is 13.0. The van der Waals surface area contributed by atoms with Gasteiger partial charge in [0.25, 0.3) is 0 Å². The number of nitrogens with zero attached hydrogens (tertiary/aromatic N) is 1. The van der Waals surface area contributed by atoms with E-state index >= 15 is 0 Å². The molecule has 0 radical (unpaired) electrons. The first-order valence-corrected chi connectivity index (χ1v) is 8.00. The van der Waals surface area contributed by atoms with E-state index < -0.39 is 12.2 Å². The van der Waals surface area contributed by atoms with Gasteiger partial charge in [0.2, 0.25) is 5.91 Å². The second-order valence-corrected chi connectivity index (χ2v) is 6.28. The lowest BCUT2D eigenvalue weighted by Gasteiger charge is -2.37. The summed E-state index contributed by atoms with van der Waals surface area (Å²) in [5, 5.41) is 0. The topological polar surface area (TPSA) is 46.3 Å². The molecule has 1 aliphatic heterocycles. The number of nitrogens with two attached hydrogens (primary N) is 1. The van der Waals surface area contributed by atoms with Gasteiger partial charge in [-0.3, -0.25) is 4.79 Å². The first kappa shape index (κ1) is 16.6. The van der Waals surface area contributed by atoms with Gasteiger partial charge in [-0.25, -0.2) is 8.78 Å². The van der Waals surface area contributed by atoms with Crippen molar-refractivity contribution in [3.63, 3.8) is 0 Å². The Balaban J connectivity index is 1.70. The van der Waals surface area contributed by atoms with Crippen molar-refractivity contribution in [2.45, 2.75) is 25.1 Å². The summed E-state index contributed by atoms with van der Waals surface area (Å²) in [6.07, 6.45) is -0.925. The second kappa shape index (κ2) is 6.69. The van der Waals surface area contributed by atoms with Gasteiger partial charge in [0.05, 0.1) is 19.1 Å².